The van der Waals surface area contributed by atoms with Crippen LogP contribution in [-0.4, -0.2) is 30.5 Å². The first kappa shape index (κ1) is 22.2. The quantitative estimate of drug-likeness (QED) is 0.385. The Morgan fingerprint density at radius 1 is 1.15 bits per heavy atom. The number of benzene rings is 1. The Kier molecular flexibility index (Phi) is 10.3. The molecule has 1 aromatic carbocycles. The molecular formula is C20H29N3O4. The number of nitrogens with one attached hydrogen (secondary N) is 2. The van der Waals surface area contributed by atoms with Crippen molar-refractivity contribution in [3.63, 3.8) is 0 Å². The zero-order chi connectivity index (χ0) is 20.1. The first-order valence-electron chi connectivity index (χ1n) is 9.06. The highest BCUT2D eigenvalue weighted by Gasteiger charge is 2.17. The van der Waals surface area contributed by atoms with Gasteiger partial charge in [0.25, 0.3) is 0 Å². The first-order valence-corrected chi connectivity index (χ1v) is 9.06. The lowest BCUT2D eigenvalue weighted by molar-refractivity contribution is -0.127. The standard InChI is InChI=1S/C20H29N3O4/c1-15(2)13-17(19(21)25)23-18(24)11-7-4-8-12-22-20(26)27-14-16-9-5-3-6-10-16/h3,5-6,9-10,17H,1,4,7-8,11-14H2,2H3,(H2,21,25)(H,22,26)(H,23,24)/t17-/m1/s1. The Labute approximate surface area is 160 Å². The summed E-state index contributed by atoms with van der Waals surface area (Å²) in [5.74, 6) is -0.778. The molecule has 0 fully saturated rings. The van der Waals surface area contributed by atoms with Gasteiger partial charge in [0.1, 0.15) is 12.6 Å². The number of amides is 3. The number of hydrogen-bond donors (Lipinski definition) is 3. The van der Waals surface area contributed by atoms with Gasteiger partial charge in [-0.2, -0.15) is 0 Å². The Morgan fingerprint density at radius 2 is 1.85 bits per heavy atom. The van der Waals surface area contributed by atoms with Crippen LogP contribution in [-0.2, 0) is 20.9 Å². The van der Waals surface area contributed by atoms with Crippen molar-refractivity contribution in [3.8, 4) is 0 Å². The number of unbranched alkanes of at least 4 members (excludes halogenated alkanes) is 2. The molecule has 0 aliphatic carbocycles. The molecule has 7 heteroatoms. The van der Waals surface area contributed by atoms with Crippen LogP contribution >= 0.6 is 0 Å². The van der Waals surface area contributed by atoms with Gasteiger partial charge in [0, 0.05) is 13.0 Å². The summed E-state index contributed by atoms with van der Waals surface area (Å²) < 4.78 is 5.11. The highest BCUT2D eigenvalue weighted by atomic mass is 16.5. The number of carbonyl (C=O) groups is 3. The van der Waals surface area contributed by atoms with E-state index in [-0.39, 0.29) is 12.5 Å². The lowest BCUT2D eigenvalue weighted by Gasteiger charge is -2.15. The van der Waals surface area contributed by atoms with Gasteiger partial charge in [0.2, 0.25) is 11.8 Å². The smallest absolute Gasteiger partial charge is 0.407 e. The van der Waals surface area contributed by atoms with Gasteiger partial charge in [-0.25, -0.2) is 4.79 Å². The lowest BCUT2D eigenvalue weighted by Crippen LogP contribution is -2.44. The summed E-state index contributed by atoms with van der Waals surface area (Å²) in [4.78, 5) is 34.8. The highest BCUT2D eigenvalue weighted by molar-refractivity contribution is 5.86. The number of rotatable bonds is 12. The summed E-state index contributed by atoms with van der Waals surface area (Å²) >= 11 is 0. The van der Waals surface area contributed by atoms with Crippen LogP contribution in [0.25, 0.3) is 0 Å². The van der Waals surface area contributed by atoms with Gasteiger partial charge >= 0.3 is 6.09 Å². The summed E-state index contributed by atoms with van der Waals surface area (Å²) in [5, 5.41) is 5.30. The molecule has 1 atom stereocenters. The largest absolute Gasteiger partial charge is 0.445 e. The van der Waals surface area contributed by atoms with Crippen molar-refractivity contribution < 1.29 is 19.1 Å². The average Bonchev–Trinajstić information content (AvgIpc) is 2.62. The number of ether oxygens (including phenoxy) is 1. The van der Waals surface area contributed by atoms with E-state index < -0.39 is 18.0 Å². The SMILES string of the molecule is C=C(C)C[C@@H](NC(=O)CCCCCNC(=O)OCc1ccccc1)C(N)=O. The minimum atomic E-state index is -0.712. The normalized spacial score (nSPS) is 11.3. The van der Waals surface area contributed by atoms with Crippen molar-refractivity contribution in [1.82, 2.24) is 10.6 Å². The minimum Gasteiger partial charge on any atom is -0.445 e. The maximum absolute atomic E-state index is 11.9. The topological polar surface area (TPSA) is 111 Å². The fourth-order valence-corrected chi connectivity index (χ4v) is 2.39. The fourth-order valence-electron chi connectivity index (χ4n) is 2.39. The van der Waals surface area contributed by atoms with Crippen LogP contribution < -0.4 is 16.4 Å². The third-order valence-electron chi connectivity index (χ3n) is 3.79. The molecule has 0 aromatic heterocycles. The van der Waals surface area contributed by atoms with Crippen LogP contribution in [0.3, 0.4) is 0 Å². The second-order valence-corrected chi connectivity index (χ2v) is 6.48. The van der Waals surface area contributed by atoms with Gasteiger partial charge in [0.05, 0.1) is 0 Å². The maximum atomic E-state index is 11.9. The predicted octanol–water partition coefficient (Wildman–Crippen LogP) is 2.41. The van der Waals surface area contributed by atoms with E-state index in [0.717, 1.165) is 24.0 Å². The molecular weight excluding hydrogens is 346 g/mol. The van der Waals surface area contributed by atoms with E-state index in [1.807, 2.05) is 30.3 Å². The minimum absolute atomic E-state index is 0.213. The summed E-state index contributed by atoms with van der Waals surface area (Å²) in [7, 11) is 0. The molecule has 1 aromatic rings. The van der Waals surface area contributed by atoms with E-state index in [1.54, 1.807) is 6.92 Å². The fraction of sp³-hybridized carbons (Fsp3) is 0.450. The molecule has 27 heavy (non-hydrogen) atoms. The number of alkyl carbamates (subject to hydrolysis) is 1. The zero-order valence-electron chi connectivity index (χ0n) is 15.8. The second kappa shape index (κ2) is 12.5. The van der Waals surface area contributed by atoms with Gasteiger partial charge in [0.15, 0.2) is 0 Å². The van der Waals surface area contributed by atoms with Gasteiger partial charge in [-0.3, -0.25) is 9.59 Å². The molecule has 7 nitrogen and oxygen atoms in total. The van der Waals surface area contributed by atoms with Crippen molar-refractivity contribution >= 4 is 17.9 Å². The van der Waals surface area contributed by atoms with E-state index in [2.05, 4.69) is 17.2 Å². The third-order valence-corrected chi connectivity index (χ3v) is 3.79. The van der Waals surface area contributed by atoms with Gasteiger partial charge in [-0.05, 0) is 31.7 Å². The molecule has 0 aliphatic rings. The highest BCUT2D eigenvalue weighted by Crippen LogP contribution is 2.04. The summed E-state index contributed by atoms with van der Waals surface area (Å²) in [6.45, 7) is 6.21. The molecule has 0 heterocycles. The monoisotopic (exact) mass is 375 g/mol. The Hall–Kier alpha value is -2.83. The van der Waals surface area contributed by atoms with E-state index in [1.165, 1.54) is 0 Å². The van der Waals surface area contributed by atoms with Crippen molar-refractivity contribution in [2.24, 2.45) is 5.73 Å². The van der Waals surface area contributed by atoms with Gasteiger partial charge in [-0.15, -0.1) is 6.58 Å². The summed E-state index contributed by atoms with van der Waals surface area (Å²) in [6.07, 6.45) is 2.35. The molecule has 3 amide bonds. The number of nitrogens with two attached hydrogens (primary N) is 1. The average molecular weight is 375 g/mol. The van der Waals surface area contributed by atoms with E-state index in [0.29, 0.717) is 25.8 Å². The van der Waals surface area contributed by atoms with Gasteiger partial charge < -0.3 is 21.1 Å². The number of hydrogen-bond acceptors (Lipinski definition) is 4. The zero-order valence-corrected chi connectivity index (χ0v) is 15.8. The Bertz CT molecular complexity index is 631. The maximum Gasteiger partial charge on any atom is 0.407 e. The number of carbonyl (C=O) groups excluding carboxylic acids is 3. The van der Waals surface area contributed by atoms with Crippen molar-refractivity contribution in [2.45, 2.75) is 51.7 Å². The van der Waals surface area contributed by atoms with Crippen molar-refractivity contribution in [2.75, 3.05) is 6.54 Å². The second-order valence-electron chi connectivity index (χ2n) is 6.48. The van der Waals surface area contributed by atoms with Crippen LogP contribution in [0.4, 0.5) is 4.79 Å². The first-order chi connectivity index (χ1) is 12.9. The molecule has 0 saturated carbocycles. The van der Waals surface area contributed by atoms with Gasteiger partial charge in [-0.1, -0.05) is 42.3 Å². The Morgan fingerprint density at radius 3 is 2.48 bits per heavy atom. The third kappa shape index (κ3) is 10.7. The summed E-state index contributed by atoms with van der Waals surface area (Å²) in [5.41, 5.74) is 6.98. The van der Waals surface area contributed by atoms with Crippen molar-refractivity contribution in [1.29, 1.82) is 0 Å². The molecule has 0 spiro atoms. The molecule has 0 radical (unpaired) electrons. The molecule has 0 saturated heterocycles. The van der Waals surface area contributed by atoms with E-state index >= 15 is 0 Å². The lowest BCUT2D eigenvalue weighted by atomic mass is 10.1. The molecule has 4 N–H and O–H groups in total. The molecule has 1 rings (SSSR count). The van der Waals surface area contributed by atoms with Crippen molar-refractivity contribution in [3.05, 3.63) is 48.0 Å². The summed E-state index contributed by atoms with van der Waals surface area (Å²) in [6, 6.07) is 8.73. The number of primary amides is 1. The van der Waals surface area contributed by atoms with E-state index in [9.17, 15) is 14.4 Å². The molecule has 0 bridgehead atoms. The van der Waals surface area contributed by atoms with Crippen LogP contribution in [0.2, 0.25) is 0 Å². The Balaban J connectivity index is 2.08. The molecule has 0 aliphatic heterocycles. The molecule has 148 valence electrons. The van der Waals surface area contributed by atoms with Crippen LogP contribution in [0.1, 0.15) is 44.6 Å². The predicted molar refractivity (Wildman–Crippen MR) is 104 cm³/mol. The van der Waals surface area contributed by atoms with Crippen LogP contribution in [0.5, 0.6) is 0 Å². The van der Waals surface area contributed by atoms with E-state index in [4.69, 9.17) is 10.5 Å². The molecule has 0 unspecified atom stereocenters. The van der Waals surface area contributed by atoms with Crippen LogP contribution in [0, 0.1) is 0 Å². The van der Waals surface area contributed by atoms with Crippen LogP contribution in [0.15, 0.2) is 42.5 Å².